The van der Waals surface area contributed by atoms with Gasteiger partial charge in [0.05, 0.1) is 0 Å². The molecule has 1 heterocycles. The Morgan fingerprint density at radius 3 is 2.26 bits per heavy atom. The van der Waals surface area contributed by atoms with E-state index in [1.54, 1.807) is 24.0 Å². The van der Waals surface area contributed by atoms with Crippen molar-refractivity contribution in [1.29, 1.82) is 0 Å². The number of pyridine rings is 1. The average molecular weight is 549 g/mol. The minimum Gasteiger partial charge on any atom is -0.462 e. The topological polar surface area (TPSA) is 92.8 Å². The van der Waals surface area contributed by atoms with E-state index in [2.05, 4.69) is 38.9 Å². The first-order chi connectivity index (χ1) is 18.4. The summed E-state index contributed by atoms with van der Waals surface area (Å²) >= 11 is 0. The largest absolute Gasteiger partial charge is 0.462 e. The molecule has 3 rings (SSSR count). The molecule has 2 N–H and O–H groups in total. The van der Waals surface area contributed by atoms with E-state index in [1.807, 2.05) is 52.1 Å². The highest BCUT2D eigenvalue weighted by Crippen LogP contribution is 2.34. The first kappa shape index (κ1) is 31.9. The maximum Gasteiger partial charge on any atom is 0.388 e. The standard InChI is InChI=1S/C24H32F2N4O2.C5H10O2/c1-15(2)19-7-5-6-8-21(19)30(18-12-10-17(27-4)11-13-18)24(31)29-20-14-9-16(3)28-22(20)32-23(25)26;1-5(2,3)7-4-6/h5-9,14-15,17-18,23,27H,10-13H2,1-4H3,(H,29,31);4H,1-3H3. The van der Waals surface area contributed by atoms with E-state index in [4.69, 9.17) is 0 Å². The highest BCUT2D eigenvalue weighted by Gasteiger charge is 2.32. The Bertz CT molecular complexity index is 1070. The van der Waals surface area contributed by atoms with Crippen LogP contribution in [0.2, 0.25) is 0 Å². The van der Waals surface area contributed by atoms with Crippen LogP contribution in [0.25, 0.3) is 0 Å². The first-order valence-corrected chi connectivity index (χ1v) is 13.3. The van der Waals surface area contributed by atoms with Gasteiger partial charge in [0.15, 0.2) is 0 Å². The number of benzene rings is 1. The SMILES string of the molecule is CC(C)(C)OC=O.CNC1CCC(N(C(=O)Nc2ccc(C)nc2OC(F)F)c2ccccc2C(C)C)CC1. The molecule has 216 valence electrons. The van der Waals surface area contributed by atoms with Gasteiger partial charge in [-0.2, -0.15) is 8.78 Å². The first-order valence-electron chi connectivity index (χ1n) is 13.3. The van der Waals surface area contributed by atoms with E-state index in [9.17, 15) is 18.4 Å². The van der Waals surface area contributed by atoms with Gasteiger partial charge in [0.25, 0.3) is 6.47 Å². The van der Waals surface area contributed by atoms with E-state index in [-0.39, 0.29) is 35.2 Å². The maximum atomic E-state index is 13.6. The van der Waals surface area contributed by atoms with Gasteiger partial charge in [-0.3, -0.25) is 9.69 Å². The lowest BCUT2D eigenvalue weighted by atomic mass is 9.89. The average Bonchev–Trinajstić information content (AvgIpc) is 2.86. The Labute approximate surface area is 230 Å². The van der Waals surface area contributed by atoms with Crippen LogP contribution in [0.1, 0.15) is 77.5 Å². The zero-order valence-corrected chi connectivity index (χ0v) is 24.0. The smallest absolute Gasteiger partial charge is 0.388 e. The van der Waals surface area contributed by atoms with Crippen molar-refractivity contribution < 1.29 is 27.8 Å². The zero-order valence-electron chi connectivity index (χ0n) is 24.0. The van der Waals surface area contributed by atoms with Gasteiger partial charge in [-0.05, 0) is 90.1 Å². The van der Waals surface area contributed by atoms with Crippen molar-refractivity contribution in [2.75, 3.05) is 17.3 Å². The molecule has 1 aliphatic rings. The minimum absolute atomic E-state index is 0.00243. The fraction of sp³-hybridized carbons (Fsp3) is 0.552. The number of hydrogen-bond acceptors (Lipinski definition) is 6. The highest BCUT2D eigenvalue weighted by atomic mass is 19.3. The second-order valence-corrected chi connectivity index (χ2v) is 10.8. The van der Waals surface area contributed by atoms with Crippen LogP contribution in [-0.4, -0.2) is 48.8 Å². The number of halogens is 2. The number of carbonyl (C=O) groups excluding carboxylic acids is 2. The number of rotatable bonds is 8. The summed E-state index contributed by atoms with van der Waals surface area (Å²) in [6.07, 6.45) is 3.61. The number of aryl methyl sites for hydroxylation is 1. The number of para-hydroxylation sites is 1. The summed E-state index contributed by atoms with van der Waals surface area (Å²) in [7, 11) is 1.96. The molecular formula is C29H42F2N4O4. The Morgan fingerprint density at radius 2 is 1.74 bits per heavy atom. The van der Waals surface area contributed by atoms with Crippen LogP contribution in [0, 0.1) is 6.92 Å². The van der Waals surface area contributed by atoms with Gasteiger partial charge in [0, 0.05) is 23.5 Å². The lowest BCUT2D eigenvalue weighted by Crippen LogP contribution is -2.47. The van der Waals surface area contributed by atoms with Gasteiger partial charge < -0.3 is 20.1 Å². The van der Waals surface area contributed by atoms with Crippen LogP contribution in [0.15, 0.2) is 36.4 Å². The van der Waals surface area contributed by atoms with Crippen molar-refractivity contribution in [1.82, 2.24) is 10.3 Å². The fourth-order valence-electron chi connectivity index (χ4n) is 4.41. The summed E-state index contributed by atoms with van der Waals surface area (Å²) < 4.78 is 34.9. The maximum absolute atomic E-state index is 13.6. The molecule has 1 aromatic carbocycles. The second-order valence-electron chi connectivity index (χ2n) is 10.8. The highest BCUT2D eigenvalue weighted by molar-refractivity contribution is 6.03. The monoisotopic (exact) mass is 548 g/mol. The van der Waals surface area contributed by atoms with E-state index in [1.165, 1.54) is 0 Å². The second kappa shape index (κ2) is 14.8. The Morgan fingerprint density at radius 1 is 1.10 bits per heavy atom. The van der Waals surface area contributed by atoms with Gasteiger partial charge in [-0.25, -0.2) is 9.78 Å². The van der Waals surface area contributed by atoms with Crippen LogP contribution in [0.5, 0.6) is 5.88 Å². The molecule has 39 heavy (non-hydrogen) atoms. The number of amides is 2. The van der Waals surface area contributed by atoms with Gasteiger partial charge in [0.2, 0.25) is 5.88 Å². The number of hydrogen-bond donors (Lipinski definition) is 2. The fourth-order valence-corrected chi connectivity index (χ4v) is 4.41. The third kappa shape index (κ3) is 10.1. The molecule has 2 aromatic rings. The normalized spacial score (nSPS) is 17.2. The summed E-state index contributed by atoms with van der Waals surface area (Å²) in [5.41, 5.74) is 2.22. The lowest BCUT2D eigenvalue weighted by Gasteiger charge is -2.38. The van der Waals surface area contributed by atoms with Crippen LogP contribution in [0.3, 0.4) is 0 Å². The van der Waals surface area contributed by atoms with Crippen molar-refractivity contribution >= 4 is 23.9 Å². The molecule has 0 atom stereocenters. The summed E-state index contributed by atoms with van der Waals surface area (Å²) in [6, 6.07) is 11.1. The third-order valence-corrected chi connectivity index (χ3v) is 6.35. The van der Waals surface area contributed by atoms with E-state index < -0.39 is 6.61 Å². The molecular weight excluding hydrogens is 506 g/mol. The van der Waals surface area contributed by atoms with E-state index >= 15 is 0 Å². The number of anilines is 2. The quantitative estimate of drug-likeness (QED) is 0.359. The molecule has 0 radical (unpaired) electrons. The zero-order chi connectivity index (χ0) is 29.2. The molecule has 1 aliphatic carbocycles. The van der Waals surface area contributed by atoms with Crippen LogP contribution in [0.4, 0.5) is 25.0 Å². The van der Waals surface area contributed by atoms with Crippen molar-refractivity contribution in [3.05, 3.63) is 47.7 Å². The molecule has 1 saturated carbocycles. The molecule has 0 spiro atoms. The van der Waals surface area contributed by atoms with Gasteiger partial charge in [0.1, 0.15) is 11.3 Å². The molecule has 2 amide bonds. The van der Waals surface area contributed by atoms with Crippen molar-refractivity contribution in [2.24, 2.45) is 0 Å². The molecule has 10 heteroatoms. The van der Waals surface area contributed by atoms with Crippen LogP contribution < -0.4 is 20.3 Å². The summed E-state index contributed by atoms with van der Waals surface area (Å²) in [4.78, 5) is 29.0. The van der Waals surface area contributed by atoms with Crippen molar-refractivity contribution in [3.8, 4) is 5.88 Å². The number of aromatic nitrogens is 1. The molecule has 8 nitrogen and oxygen atoms in total. The minimum atomic E-state index is -3.03. The Kier molecular flexibility index (Phi) is 12.1. The summed E-state index contributed by atoms with van der Waals surface area (Å²) in [5.74, 6) is -0.0711. The van der Waals surface area contributed by atoms with Crippen molar-refractivity contribution in [2.45, 2.75) is 97.4 Å². The predicted molar refractivity (Wildman–Crippen MR) is 150 cm³/mol. The van der Waals surface area contributed by atoms with E-state index in [0.717, 1.165) is 36.9 Å². The van der Waals surface area contributed by atoms with Gasteiger partial charge in [-0.15, -0.1) is 0 Å². The summed E-state index contributed by atoms with van der Waals surface area (Å²) in [5, 5.41) is 6.10. The number of urea groups is 1. The van der Waals surface area contributed by atoms with Crippen LogP contribution in [-0.2, 0) is 9.53 Å². The number of nitrogens with zero attached hydrogens (tertiary/aromatic N) is 2. The summed E-state index contributed by atoms with van der Waals surface area (Å²) in [6.45, 7) is 8.74. The number of alkyl halides is 2. The molecule has 0 aliphatic heterocycles. The number of carbonyl (C=O) groups is 2. The third-order valence-electron chi connectivity index (χ3n) is 6.35. The van der Waals surface area contributed by atoms with E-state index in [0.29, 0.717) is 18.2 Å². The van der Waals surface area contributed by atoms with Gasteiger partial charge in [-0.1, -0.05) is 32.0 Å². The molecule has 0 saturated heterocycles. The number of nitrogens with one attached hydrogen (secondary N) is 2. The molecule has 0 unspecified atom stereocenters. The molecule has 1 fully saturated rings. The number of ether oxygens (including phenoxy) is 2. The predicted octanol–water partition coefficient (Wildman–Crippen LogP) is 6.64. The van der Waals surface area contributed by atoms with Gasteiger partial charge >= 0.3 is 12.6 Å². The Balaban J connectivity index is 0.000000673. The lowest BCUT2D eigenvalue weighted by molar-refractivity contribution is -0.138. The Hall–Kier alpha value is -3.27. The van der Waals surface area contributed by atoms with Crippen LogP contribution >= 0.6 is 0 Å². The van der Waals surface area contributed by atoms with Crippen molar-refractivity contribution in [3.63, 3.8) is 0 Å². The molecule has 0 bridgehead atoms. The molecule has 1 aromatic heterocycles.